The smallest absolute Gasteiger partial charge is 0.169 e. The Labute approximate surface area is 218 Å². The highest BCUT2D eigenvalue weighted by Crippen LogP contribution is 2.38. The van der Waals surface area contributed by atoms with Gasteiger partial charge in [-0.1, -0.05) is 30.3 Å². The van der Waals surface area contributed by atoms with Crippen molar-refractivity contribution in [2.24, 2.45) is 0 Å². The Morgan fingerprint density at radius 3 is 1.97 bits per heavy atom. The Morgan fingerprint density at radius 1 is 0.514 bits per heavy atom. The van der Waals surface area contributed by atoms with Gasteiger partial charge in [-0.15, -0.1) is 0 Å². The lowest BCUT2D eigenvalue weighted by Crippen LogP contribution is -2.01. The number of ether oxygens (including phenoxy) is 5. The number of hydrogen-bond acceptors (Lipinski definition) is 5. The summed E-state index contributed by atoms with van der Waals surface area (Å²) in [5.41, 5.74) is 6.90. The fraction of sp³-hybridized carbons (Fsp3) is 0.250. The van der Waals surface area contributed by atoms with Crippen molar-refractivity contribution in [1.29, 1.82) is 0 Å². The molecule has 190 valence electrons. The first-order valence-corrected chi connectivity index (χ1v) is 12.5. The monoisotopic (exact) mass is 496 g/mol. The van der Waals surface area contributed by atoms with Gasteiger partial charge < -0.3 is 23.7 Å². The van der Waals surface area contributed by atoms with Crippen LogP contribution in [0.2, 0.25) is 0 Å². The summed E-state index contributed by atoms with van der Waals surface area (Å²) < 4.78 is 29.1. The summed E-state index contributed by atoms with van der Waals surface area (Å²) in [6, 6.07) is 24.9. The Hall–Kier alpha value is -4.12. The van der Waals surface area contributed by atoms with Gasteiger partial charge in [-0.05, 0) is 89.9 Å². The molecule has 0 saturated heterocycles. The van der Waals surface area contributed by atoms with Gasteiger partial charge in [0.05, 0.1) is 28.4 Å². The van der Waals surface area contributed by atoms with Crippen LogP contribution in [0.25, 0.3) is 11.1 Å². The van der Waals surface area contributed by atoms with Crippen LogP contribution >= 0.6 is 0 Å². The summed E-state index contributed by atoms with van der Waals surface area (Å²) in [6.45, 7) is 0. The Bertz CT molecular complexity index is 1410. The van der Waals surface area contributed by atoms with E-state index in [4.69, 9.17) is 23.7 Å². The van der Waals surface area contributed by atoms with Crippen molar-refractivity contribution in [3.63, 3.8) is 0 Å². The Balaban J connectivity index is 1.64. The van der Waals surface area contributed by atoms with Crippen LogP contribution in [0.1, 0.15) is 22.3 Å². The van der Waals surface area contributed by atoms with E-state index in [9.17, 15) is 0 Å². The largest absolute Gasteiger partial charge is 0.497 e. The lowest BCUT2D eigenvalue weighted by molar-refractivity contribution is 0.375. The minimum atomic E-state index is 0.685. The first kappa shape index (κ1) is 24.6. The first-order chi connectivity index (χ1) is 18.1. The van der Waals surface area contributed by atoms with Gasteiger partial charge in [0, 0.05) is 11.6 Å². The summed E-state index contributed by atoms with van der Waals surface area (Å²) in [5.74, 6) is 4.58. The average molecular weight is 497 g/mol. The van der Waals surface area contributed by atoms with E-state index in [2.05, 4.69) is 48.5 Å². The van der Waals surface area contributed by atoms with E-state index in [0.29, 0.717) is 17.2 Å². The van der Waals surface area contributed by atoms with Gasteiger partial charge >= 0.3 is 0 Å². The molecule has 0 N–H and O–H groups in total. The SMILES string of the molecule is COc1ccc2c(c1)CCc1ccc(cc1OC)Oc1cc(ccc1OC)CCc1ccc-2c(OC)c1. The van der Waals surface area contributed by atoms with Gasteiger partial charge in [0.1, 0.15) is 23.0 Å². The quantitative estimate of drug-likeness (QED) is 0.303. The zero-order valence-corrected chi connectivity index (χ0v) is 21.8. The fourth-order valence-corrected chi connectivity index (χ4v) is 4.92. The van der Waals surface area contributed by atoms with Crippen LogP contribution in [0, 0.1) is 0 Å². The van der Waals surface area contributed by atoms with Crippen LogP contribution in [0.3, 0.4) is 0 Å². The minimum absolute atomic E-state index is 0.685. The van der Waals surface area contributed by atoms with Crippen LogP contribution in [0.15, 0.2) is 72.8 Å². The second-order valence-corrected chi connectivity index (χ2v) is 9.12. The maximum absolute atomic E-state index is 6.29. The van der Waals surface area contributed by atoms with Gasteiger partial charge in [0.15, 0.2) is 11.5 Å². The maximum atomic E-state index is 6.29. The van der Waals surface area contributed by atoms with Gasteiger partial charge in [-0.3, -0.25) is 0 Å². The highest BCUT2D eigenvalue weighted by atomic mass is 16.5. The summed E-state index contributed by atoms with van der Waals surface area (Å²) in [6.07, 6.45) is 3.34. The number of methoxy groups -OCH3 is 4. The standard InChI is InChI=1S/C32H32O5/c1-33-25-13-15-27-24(19-25)10-9-23-11-12-26(20-30(23)35-3)37-32-18-22(8-16-29(32)34-2)6-5-21-7-14-28(27)31(17-21)36-4/h7-8,11-20H,5-6,9-10H2,1-4H3. The lowest BCUT2D eigenvalue weighted by atomic mass is 9.92. The molecule has 0 unspecified atom stereocenters. The van der Waals surface area contributed by atoms with Gasteiger partial charge in [0.25, 0.3) is 0 Å². The fourth-order valence-electron chi connectivity index (χ4n) is 4.92. The lowest BCUT2D eigenvalue weighted by Gasteiger charge is -2.18. The predicted octanol–water partition coefficient (Wildman–Crippen LogP) is 7.06. The molecule has 0 spiro atoms. The second kappa shape index (κ2) is 10.9. The van der Waals surface area contributed by atoms with Crippen LogP contribution in [0.5, 0.6) is 34.5 Å². The molecule has 5 heteroatoms. The molecule has 0 atom stereocenters. The third-order valence-electron chi connectivity index (χ3n) is 6.95. The first-order valence-electron chi connectivity index (χ1n) is 12.5. The highest BCUT2D eigenvalue weighted by molar-refractivity contribution is 5.75. The molecule has 0 aromatic heterocycles. The Morgan fingerprint density at radius 2 is 1.22 bits per heavy atom. The third-order valence-corrected chi connectivity index (χ3v) is 6.95. The van der Waals surface area contributed by atoms with E-state index in [0.717, 1.165) is 59.6 Å². The number of hydrogen-bond donors (Lipinski definition) is 0. The summed E-state index contributed by atoms with van der Waals surface area (Å²) in [4.78, 5) is 0. The summed E-state index contributed by atoms with van der Waals surface area (Å²) in [5, 5.41) is 0. The van der Waals surface area contributed by atoms with Crippen LogP contribution in [-0.2, 0) is 25.7 Å². The zero-order chi connectivity index (χ0) is 25.8. The molecular weight excluding hydrogens is 464 g/mol. The van der Waals surface area contributed by atoms with Crippen molar-refractivity contribution < 1.29 is 23.7 Å². The molecule has 0 saturated carbocycles. The van der Waals surface area contributed by atoms with E-state index in [1.165, 1.54) is 16.7 Å². The van der Waals surface area contributed by atoms with Crippen LogP contribution in [-0.4, -0.2) is 28.4 Å². The van der Waals surface area contributed by atoms with Crippen LogP contribution < -0.4 is 23.7 Å². The minimum Gasteiger partial charge on any atom is -0.497 e. The van der Waals surface area contributed by atoms with Crippen molar-refractivity contribution in [3.05, 3.63) is 95.1 Å². The van der Waals surface area contributed by atoms with Crippen molar-refractivity contribution in [1.82, 2.24) is 0 Å². The van der Waals surface area contributed by atoms with E-state index in [1.54, 1.807) is 28.4 Å². The molecule has 0 fully saturated rings. The zero-order valence-electron chi connectivity index (χ0n) is 21.8. The topological polar surface area (TPSA) is 46.2 Å². The van der Waals surface area contributed by atoms with Crippen molar-refractivity contribution in [3.8, 4) is 45.6 Å². The van der Waals surface area contributed by atoms with Gasteiger partial charge in [-0.2, -0.15) is 0 Å². The molecule has 6 bridgehead atoms. The molecule has 8 rings (SSSR count). The third kappa shape index (κ3) is 5.21. The molecular formula is C32H32O5. The molecule has 0 radical (unpaired) electrons. The maximum Gasteiger partial charge on any atom is 0.169 e. The normalized spacial score (nSPS) is 12.6. The average Bonchev–Trinajstić information content (AvgIpc) is 2.94. The highest BCUT2D eigenvalue weighted by Gasteiger charge is 2.16. The van der Waals surface area contributed by atoms with Crippen molar-refractivity contribution in [2.75, 3.05) is 28.4 Å². The van der Waals surface area contributed by atoms with E-state index < -0.39 is 0 Å². The summed E-state index contributed by atoms with van der Waals surface area (Å²) in [7, 11) is 6.78. The van der Waals surface area contributed by atoms with E-state index in [-0.39, 0.29) is 0 Å². The summed E-state index contributed by atoms with van der Waals surface area (Å²) >= 11 is 0. The van der Waals surface area contributed by atoms with Gasteiger partial charge in [0.2, 0.25) is 0 Å². The number of aryl methyl sites for hydroxylation is 4. The molecule has 37 heavy (non-hydrogen) atoms. The number of benzene rings is 4. The predicted molar refractivity (Wildman–Crippen MR) is 146 cm³/mol. The molecule has 5 nitrogen and oxygen atoms in total. The van der Waals surface area contributed by atoms with Crippen molar-refractivity contribution >= 4 is 0 Å². The van der Waals surface area contributed by atoms with E-state index >= 15 is 0 Å². The Kier molecular flexibility index (Phi) is 7.22. The molecule has 0 aliphatic carbocycles. The van der Waals surface area contributed by atoms with Crippen LogP contribution in [0.4, 0.5) is 0 Å². The second-order valence-electron chi connectivity index (χ2n) is 9.12. The molecule has 4 aromatic rings. The molecule has 0 amide bonds. The molecule has 4 aromatic carbocycles. The molecule has 4 heterocycles. The van der Waals surface area contributed by atoms with E-state index in [1.807, 2.05) is 24.3 Å². The molecule has 4 aliphatic rings. The molecule has 4 aliphatic heterocycles. The number of rotatable bonds is 4. The van der Waals surface area contributed by atoms with Crippen molar-refractivity contribution in [2.45, 2.75) is 25.7 Å². The van der Waals surface area contributed by atoms with Gasteiger partial charge in [-0.25, -0.2) is 0 Å².